The van der Waals surface area contributed by atoms with Crippen LogP contribution in [0.5, 0.6) is 0 Å². The van der Waals surface area contributed by atoms with Crippen LogP contribution in [0.3, 0.4) is 0 Å². The highest BCUT2D eigenvalue weighted by Gasteiger charge is 2.10. The van der Waals surface area contributed by atoms with Crippen LogP contribution in [0.2, 0.25) is 0 Å². The van der Waals surface area contributed by atoms with Crippen LogP contribution in [0.4, 0.5) is 15.8 Å². The molecule has 1 amide bonds. The van der Waals surface area contributed by atoms with E-state index in [0.717, 1.165) is 0 Å². The highest BCUT2D eigenvalue weighted by Crippen LogP contribution is 2.15. The van der Waals surface area contributed by atoms with Gasteiger partial charge in [-0.25, -0.2) is 9.07 Å². The number of benzene rings is 2. The molecule has 3 aromatic rings. The fraction of sp³-hybridized carbons (Fsp3) is 0.111. The minimum atomic E-state index is -0.465. The Kier molecular flexibility index (Phi) is 5.41. The number of halogens is 1. The second kappa shape index (κ2) is 8.09. The standard InChI is InChI=1S/C18H16FN5O3/c19-13-2-1-3-16(12-13)23-11-8-17(22-23)18(25)21-10-9-20-14-4-6-15(7-5-14)24(26)27/h1-8,11-12,20H,9-10H2,(H,21,25). The first-order valence-electron chi connectivity index (χ1n) is 8.11. The number of amides is 1. The molecular formula is C18H16FN5O3. The molecule has 3 rings (SSSR count). The first-order valence-corrected chi connectivity index (χ1v) is 8.11. The molecule has 9 heteroatoms. The van der Waals surface area contributed by atoms with Crippen LogP contribution in [0.1, 0.15) is 10.5 Å². The van der Waals surface area contributed by atoms with Crippen molar-refractivity contribution in [3.8, 4) is 5.69 Å². The minimum absolute atomic E-state index is 0.0164. The van der Waals surface area contributed by atoms with Crippen molar-refractivity contribution in [1.82, 2.24) is 15.1 Å². The van der Waals surface area contributed by atoms with E-state index in [2.05, 4.69) is 15.7 Å². The molecule has 0 fully saturated rings. The summed E-state index contributed by atoms with van der Waals surface area (Å²) < 4.78 is 14.7. The van der Waals surface area contributed by atoms with E-state index >= 15 is 0 Å². The van der Waals surface area contributed by atoms with Crippen molar-refractivity contribution in [3.05, 3.63) is 82.4 Å². The molecule has 1 heterocycles. The van der Waals surface area contributed by atoms with Gasteiger partial charge in [0, 0.05) is 37.1 Å². The molecule has 2 aromatic carbocycles. The van der Waals surface area contributed by atoms with Crippen molar-refractivity contribution in [3.63, 3.8) is 0 Å². The molecule has 0 bridgehead atoms. The van der Waals surface area contributed by atoms with E-state index in [1.165, 1.54) is 28.9 Å². The van der Waals surface area contributed by atoms with Gasteiger partial charge in [0.25, 0.3) is 11.6 Å². The molecule has 0 saturated heterocycles. The number of nitro groups is 1. The number of hydrogen-bond acceptors (Lipinski definition) is 5. The molecule has 0 unspecified atom stereocenters. The fourth-order valence-corrected chi connectivity index (χ4v) is 2.38. The van der Waals surface area contributed by atoms with Gasteiger partial charge in [-0.2, -0.15) is 5.10 Å². The van der Waals surface area contributed by atoms with Crippen LogP contribution >= 0.6 is 0 Å². The van der Waals surface area contributed by atoms with Crippen LogP contribution in [0, 0.1) is 15.9 Å². The molecule has 2 N–H and O–H groups in total. The third-order valence-electron chi connectivity index (χ3n) is 3.71. The van der Waals surface area contributed by atoms with Crippen LogP contribution < -0.4 is 10.6 Å². The van der Waals surface area contributed by atoms with Gasteiger partial charge in [0.2, 0.25) is 0 Å². The Bertz CT molecular complexity index is 956. The van der Waals surface area contributed by atoms with Gasteiger partial charge in [0.05, 0.1) is 10.6 Å². The second-order valence-electron chi connectivity index (χ2n) is 5.61. The third-order valence-corrected chi connectivity index (χ3v) is 3.71. The van der Waals surface area contributed by atoms with Gasteiger partial charge in [-0.15, -0.1) is 0 Å². The predicted molar refractivity (Wildman–Crippen MR) is 97.4 cm³/mol. The van der Waals surface area contributed by atoms with Gasteiger partial charge in [-0.05, 0) is 36.4 Å². The first kappa shape index (κ1) is 18.1. The van der Waals surface area contributed by atoms with Crippen molar-refractivity contribution in [1.29, 1.82) is 0 Å². The number of hydrogen-bond donors (Lipinski definition) is 2. The summed E-state index contributed by atoms with van der Waals surface area (Å²) >= 11 is 0. The Hall–Kier alpha value is -3.75. The number of carbonyl (C=O) groups excluding carboxylic acids is 1. The van der Waals surface area contributed by atoms with Crippen LogP contribution in [0.15, 0.2) is 60.8 Å². The highest BCUT2D eigenvalue weighted by atomic mass is 19.1. The normalized spacial score (nSPS) is 10.4. The number of rotatable bonds is 7. The molecule has 1 aromatic heterocycles. The lowest BCUT2D eigenvalue weighted by molar-refractivity contribution is -0.384. The molecule has 0 spiro atoms. The number of nitrogens with zero attached hydrogens (tertiary/aromatic N) is 3. The summed E-state index contributed by atoms with van der Waals surface area (Å²) in [5.41, 5.74) is 1.47. The number of carbonyl (C=O) groups is 1. The Balaban J connectivity index is 1.49. The van der Waals surface area contributed by atoms with Gasteiger partial charge in [-0.3, -0.25) is 14.9 Å². The number of non-ortho nitro benzene ring substituents is 1. The Morgan fingerprint density at radius 1 is 1.15 bits per heavy atom. The maximum absolute atomic E-state index is 13.3. The van der Waals surface area contributed by atoms with Crippen molar-refractivity contribution in [2.45, 2.75) is 0 Å². The Labute approximate surface area is 153 Å². The zero-order valence-electron chi connectivity index (χ0n) is 14.1. The SMILES string of the molecule is O=C(NCCNc1ccc([N+](=O)[O-])cc1)c1ccn(-c2cccc(F)c2)n1. The number of aromatic nitrogens is 2. The summed E-state index contributed by atoms with van der Waals surface area (Å²) in [5, 5.41) is 20.5. The number of nitrogens with one attached hydrogen (secondary N) is 2. The number of nitro benzene ring substituents is 1. The predicted octanol–water partition coefficient (Wildman–Crippen LogP) is 2.76. The van der Waals surface area contributed by atoms with E-state index in [9.17, 15) is 19.3 Å². The van der Waals surface area contributed by atoms with E-state index < -0.39 is 4.92 Å². The van der Waals surface area contributed by atoms with E-state index in [0.29, 0.717) is 24.5 Å². The highest BCUT2D eigenvalue weighted by molar-refractivity contribution is 5.92. The maximum atomic E-state index is 13.3. The molecule has 0 aliphatic rings. The van der Waals surface area contributed by atoms with Gasteiger partial charge >= 0.3 is 0 Å². The average molecular weight is 369 g/mol. The van der Waals surface area contributed by atoms with Crippen molar-refractivity contribution in [2.75, 3.05) is 18.4 Å². The Morgan fingerprint density at radius 3 is 2.63 bits per heavy atom. The van der Waals surface area contributed by atoms with Crippen LogP contribution in [-0.2, 0) is 0 Å². The summed E-state index contributed by atoms with van der Waals surface area (Å²) in [7, 11) is 0. The van der Waals surface area contributed by atoms with Gasteiger partial charge in [0.15, 0.2) is 5.69 Å². The van der Waals surface area contributed by atoms with Gasteiger partial charge in [0.1, 0.15) is 5.82 Å². The van der Waals surface area contributed by atoms with Gasteiger partial charge in [-0.1, -0.05) is 6.07 Å². The molecule has 27 heavy (non-hydrogen) atoms. The smallest absolute Gasteiger partial charge is 0.271 e. The summed E-state index contributed by atoms with van der Waals surface area (Å²) in [5.74, 6) is -0.734. The van der Waals surface area contributed by atoms with E-state index in [1.807, 2.05) is 0 Å². The van der Waals surface area contributed by atoms with Crippen LogP contribution in [-0.4, -0.2) is 33.7 Å². The second-order valence-corrected chi connectivity index (χ2v) is 5.61. The molecule has 8 nitrogen and oxygen atoms in total. The van der Waals surface area contributed by atoms with Crippen molar-refractivity contribution >= 4 is 17.3 Å². The van der Waals surface area contributed by atoms with E-state index in [-0.39, 0.29) is 23.1 Å². The molecule has 138 valence electrons. The molecule has 0 radical (unpaired) electrons. The first-order chi connectivity index (χ1) is 13.0. The van der Waals surface area contributed by atoms with Crippen molar-refractivity contribution < 1.29 is 14.1 Å². The monoisotopic (exact) mass is 369 g/mol. The molecule has 0 atom stereocenters. The lowest BCUT2D eigenvalue weighted by Crippen LogP contribution is -2.29. The molecule has 0 aliphatic carbocycles. The molecule has 0 saturated carbocycles. The topological polar surface area (TPSA) is 102 Å². The summed E-state index contributed by atoms with van der Waals surface area (Å²) in [6, 6.07) is 13.5. The number of anilines is 1. The van der Waals surface area contributed by atoms with E-state index in [4.69, 9.17) is 0 Å². The Morgan fingerprint density at radius 2 is 1.93 bits per heavy atom. The van der Waals surface area contributed by atoms with E-state index in [1.54, 1.807) is 36.5 Å². The third kappa shape index (κ3) is 4.66. The zero-order chi connectivity index (χ0) is 19.2. The largest absolute Gasteiger partial charge is 0.383 e. The average Bonchev–Trinajstić information content (AvgIpc) is 3.16. The lowest BCUT2D eigenvalue weighted by Gasteiger charge is -2.07. The maximum Gasteiger partial charge on any atom is 0.271 e. The summed E-state index contributed by atoms with van der Waals surface area (Å²) in [6.07, 6.45) is 1.58. The zero-order valence-corrected chi connectivity index (χ0v) is 14.1. The van der Waals surface area contributed by atoms with Crippen LogP contribution in [0.25, 0.3) is 5.69 Å². The molecular weight excluding hydrogens is 353 g/mol. The quantitative estimate of drug-likeness (QED) is 0.379. The fourth-order valence-electron chi connectivity index (χ4n) is 2.38. The summed E-state index contributed by atoms with van der Waals surface area (Å²) in [6.45, 7) is 0.775. The molecule has 0 aliphatic heterocycles. The summed E-state index contributed by atoms with van der Waals surface area (Å²) in [4.78, 5) is 22.3. The van der Waals surface area contributed by atoms with Crippen molar-refractivity contribution in [2.24, 2.45) is 0 Å². The van der Waals surface area contributed by atoms with Gasteiger partial charge < -0.3 is 10.6 Å². The minimum Gasteiger partial charge on any atom is -0.383 e. The lowest BCUT2D eigenvalue weighted by atomic mass is 10.3.